The number of hydrogen-bond acceptors (Lipinski definition) is 3. The molecular weight excluding hydrogens is 242 g/mol. The molecule has 0 saturated heterocycles. The summed E-state index contributed by atoms with van der Waals surface area (Å²) < 4.78 is 5.39. The summed E-state index contributed by atoms with van der Waals surface area (Å²) >= 11 is 0. The number of ether oxygens (including phenoxy) is 1. The van der Waals surface area contributed by atoms with E-state index in [4.69, 9.17) is 4.74 Å². The van der Waals surface area contributed by atoms with Crippen LogP contribution in [-0.2, 0) is 4.74 Å². The van der Waals surface area contributed by atoms with Gasteiger partial charge < -0.3 is 15.2 Å². The van der Waals surface area contributed by atoms with Crippen molar-refractivity contribution in [3.8, 4) is 0 Å². The largest absolute Gasteiger partial charge is 0.444 e. The first-order valence-electron chi connectivity index (χ1n) is 7.46. The monoisotopic (exact) mass is 267 g/mol. The van der Waals surface area contributed by atoms with Crippen LogP contribution < -0.4 is 5.32 Å². The fourth-order valence-corrected chi connectivity index (χ4v) is 4.62. The van der Waals surface area contributed by atoms with E-state index in [0.717, 1.165) is 32.1 Å². The summed E-state index contributed by atoms with van der Waals surface area (Å²) in [6.45, 7) is 5.63. The molecule has 4 aliphatic carbocycles. The molecule has 0 heterocycles. The third-order valence-corrected chi connectivity index (χ3v) is 5.25. The topological polar surface area (TPSA) is 58.6 Å². The summed E-state index contributed by atoms with van der Waals surface area (Å²) in [7, 11) is 0. The highest BCUT2D eigenvalue weighted by molar-refractivity contribution is 5.69. The van der Waals surface area contributed by atoms with Crippen LogP contribution in [0.25, 0.3) is 0 Å². The molecule has 1 amide bonds. The van der Waals surface area contributed by atoms with Crippen LogP contribution in [0, 0.1) is 11.8 Å². The number of fused-ring (bicyclic) bond motifs is 2. The molecule has 0 spiro atoms. The van der Waals surface area contributed by atoms with E-state index in [0.29, 0.717) is 18.3 Å². The van der Waals surface area contributed by atoms with E-state index in [9.17, 15) is 9.90 Å². The molecule has 108 valence electrons. The lowest BCUT2D eigenvalue weighted by Crippen LogP contribution is -2.53. The van der Waals surface area contributed by atoms with Crippen LogP contribution in [0.2, 0.25) is 0 Å². The molecule has 4 rings (SSSR count). The van der Waals surface area contributed by atoms with Gasteiger partial charge in [-0.05, 0) is 64.7 Å². The highest BCUT2D eigenvalue weighted by atomic mass is 16.6. The minimum Gasteiger partial charge on any atom is -0.444 e. The molecule has 19 heavy (non-hydrogen) atoms. The van der Waals surface area contributed by atoms with E-state index in [1.54, 1.807) is 0 Å². The van der Waals surface area contributed by atoms with E-state index < -0.39 is 11.2 Å². The summed E-state index contributed by atoms with van der Waals surface area (Å²) in [5.41, 5.74) is -1.22. The van der Waals surface area contributed by atoms with Crippen LogP contribution in [0.5, 0.6) is 0 Å². The first kappa shape index (κ1) is 13.2. The average molecular weight is 267 g/mol. The summed E-state index contributed by atoms with van der Waals surface area (Å²) in [4.78, 5) is 12.1. The zero-order valence-corrected chi connectivity index (χ0v) is 12.2. The molecule has 2 N–H and O–H groups in total. The van der Waals surface area contributed by atoms with Gasteiger partial charge in [0.2, 0.25) is 0 Å². The van der Waals surface area contributed by atoms with Crippen molar-refractivity contribution in [3.63, 3.8) is 0 Å². The Hall–Kier alpha value is -0.770. The maximum atomic E-state index is 12.1. The number of rotatable bonds is 1. The lowest BCUT2D eigenvalue weighted by molar-refractivity contribution is -0.0250. The fraction of sp³-hybridized carbons (Fsp3) is 0.933. The van der Waals surface area contributed by atoms with Gasteiger partial charge in [0, 0.05) is 5.54 Å². The number of aliphatic hydroxyl groups is 1. The molecule has 0 aromatic carbocycles. The van der Waals surface area contributed by atoms with Gasteiger partial charge in [0.25, 0.3) is 0 Å². The van der Waals surface area contributed by atoms with Crippen LogP contribution >= 0.6 is 0 Å². The minimum atomic E-state index is -0.540. The Morgan fingerprint density at radius 1 is 1.37 bits per heavy atom. The van der Waals surface area contributed by atoms with E-state index in [2.05, 4.69) is 5.32 Å². The second-order valence-electron chi connectivity index (χ2n) is 7.79. The Balaban J connectivity index is 1.76. The molecule has 4 atom stereocenters. The number of carbonyl (C=O) groups excluding carboxylic acids is 1. The highest BCUT2D eigenvalue weighted by Crippen LogP contribution is 2.61. The normalized spacial score (nSPS) is 44.2. The predicted octanol–water partition coefficient (Wildman–Crippen LogP) is 2.59. The quantitative estimate of drug-likeness (QED) is 0.767. The van der Waals surface area contributed by atoms with Gasteiger partial charge >= 0.3 is 6.09 Å². The SMILES string of the molecule is CC(C)(C)OC(=O)NC12CC3CC1CCCC3(O)C2. The van der Waals surface area contributed by atoms with E-state index in [1.165, 1.54) is 0 Å². The van der Waals surface area contributed by atoms with Crippen molar-refractivity contribution in [2.24, 2.45) is 11.8 Å². The summed E-state index contributed by atoms with van der Waals surface area (Å²) in [6.07, 6.45) is 5.47. The molecule has 4 nitrogen and oxygen atoms in total. The van der Waals surface area contributed by atoms with Crippen LogP contribution in [0.3, 0.4) is 0 Å². The Morgan fingerprint density at radius 3 is 2.79 bits per heavy atom. The molecular formula is C15H25NO3. The van der Waals surface area contributed by atoms with Crippen molar-refractivity contribution < 1.29 is 14.6 Å². The van der Waals surface area contributed by atoms with Gasteiger partial charge in [-0.3, -0.25) is 0 Å². The zero-order valence-electron chi connectivity index (χ0n) is 12.2. The Bertz CT molecular complexity index is 403. The molecule has 0 radical (unpaired) electrons. The summed E-state index contributed by atoms with van der Waals surface area (Å²) in [5, 5.41) is 13.8. The number of amides is 1. The lowest BCUT2D eigenvalue weighted by atomic mass is 9.77. The third kappa shape index (κ3) is 2.14. The smallest absolute Gasteiger partial charge is 0.408 e. The van der Waals surface area contributed by atoms with Gasteiger partial charge in [0.1, 0.15) is 5.60 Å². The van der Waals surface area contributed by atoms with Crippen LogP contribution in [0.15, 0.2) is 0 Å². The third-order valence-electron chi connectivity index (χ3n) is 5.25. The molecule has 0 aromatic rings. The van der Waals surface area contributed by atoms with Crippen molar-refractivity contribution in [1.29, 1.82) is 0 Å². The molecule has 0 aromatic heterocycles. The predicted molar refractivity (Wildman–Crippen MR) is 71.7 cm³/mol. The van der Waals surface area contributed by atoms with Crippen LogP contribution in [0.4, 0.5) is 4.79 Å². The van der Waals surface area contributed by atoms with E-state index in [-0.39, 0.29) is 11.6 Å². The number of carbonyl (C=O) groups is 1. The Kier molecular flexibility index (Phi) is 2.70. The summed E-state index contributed by atoms with van der Waals surface area (Å²) in [5.74, 6) is 0.891. The molecule has 4 heteroatoms. The fourth-order valence-electron chi connectivity index (χ4n) is 4.62. The van der Waals surface area contributed by atoms with Gasteiger partial charge in [0.15, 0.2) is 0 Å². The van der Waals surface area contributed by atoms with Crippen molar-refractivity contribution in [2.45, 2.75) is 76.0 Å². The standard InChI is InChI=1S/C15H25NO3/c1-13(2,3)19-12(17)16-14-8-11-7-10(14)5-4-6-15(11,18)9-14/h10-11,18H,4-9H2,1-3H3,(H,16,17). The van der Waals surface area contributed by atoms with Crippen molar-refractivity contribution in [3.05, 3.63) is 0 Å². The molecule has 4 bridgehead atoms. The second kappa shape index (κ2) is 3.87. The number of alkyl carbamates (subject to hydrolysis) is 1. The Morgan fingerprint density at radius 2 is 2.11 bits per heavy atom. The average Bonchev–Trinajstić information content (AvgIpc) is 2.55. The molecule has 4 unspecified atom stereocenters. The maximum absolute atomic E-state index is 12.1. The highest BCUT2D eigenvalue weighted by Gasteiger charge is 2.64. The van der Waals surface area contributed by atoms with Gasteiger partial charge in [-0.2, -0.15) is 0 Å². The van der Waals surface area contributed by atoms with Gasteiger partial charge in [0.05, 0.1) is 5.60 Å². The first-order chi connectivity index (χ1) is 8.73. The molecule has 4 aliphatic rings. The summed E-state index contributed by atoms with van der Waals surface area (Å²) in [6, 6.07) is 0. The molecule has 0 aliphatic heterocycles. The van der Waals surface area contributed by atoms with Crippen LogP contribution in [0.1, 0.15) is 59.3 Å². The molecule has 4 fully saturated rings. The Labute approximate surface area is 114 Å². The number of hydrogen-bond donors (Lipinski definition) is 2. The van der Waals surface area contributed by atoms with Crippen molar-refractivity contribution in [1.82, 2.24) is 5.32 Å². The van der Waals surface area contributed by atoms with Gasteiger partial charge in [-0.15, -0.1) is 0 Å². The van der Waals surface area contributed by atoms with E-state index >= 15 is 0 Å². The second-order valence-corrected chi connectivity index (χ2v) is 7.79. The van der Waals surface area contributed by atoms with Gasteiger partial charge in [-0.1, -0.05) is 6.42 Å². The van der Waals surface area contributed by atoms with Crippen molar-refractivity contribution in [2.75, 3.05) is 0 Å². The first-order valence-corrected chi connectivity index (χ1v) is 7.46. The minimum absolute atomic E-state index is 0.210. The maximum Gasteiger partial charge on any atom is 0.408 e. The van der Waals surface area contributed by atoms with Crippen molar-refractivity contribution >= 4 is 6.09 Å². The molecule has 4 saturated carbocycles. The van der Waals surface area contributed by atoms with E-state index in [1.807, 2.05) is 20.8 Å². The number of nitrogens with one attached hydrogen (secondary N) is 1. The van der Waals surface area contributed by atoms with Crippen LogP contribution in [-0.4, -0.2) is 27.9 Å². The lowest BCUT2D eigenvalue weighted by Gasteiger charge is -2.39. The zero-order chi connectivity index (χ0) is 13.9. The van der Waals surface area contributed by atoms with Gasteiger partial charge in [-0.25, -0.2) is 4.79 Å².